The van der Waals surface area contributed by atoms with Crippen molar-refractivity contribution in [3.63, 3.8) is 0 Å². The summed E-state index contributed by atoms with van der Waals surface area (Å²) in [6, 6.07) is 108. The van der Waals surface area contributed by atoms with E-state index in [-0.39, 0.29) is 61.2 Å². The van der Waals surface area contributed by atoms with Gasteiger partial charge in [0.1, 0.15) is 0 Å². The Labute approximate surface area is 876 Å². The molecule has 20 nitrogen and oxygen atoms in total. The van der Waals surface area contributed by atoms with Gasteiger partial charge in [-0.25, -0.2) is 54.2 Å². The number of hydrogen-bond donors (Lipinski definition) is 4. The van der Waals surface area contributed by atoms with Crippen molar-refractivity contribution in [3.05, 3.63) is 384 Å². The van der Waals surface area contributed by atoms with Crippen LogP contribution in [0.3, 0.4) is 0 Å². The van der Waals surface area contributed by atoms with Gasteiger partial charge in [0.2, 0.25) is 0 Å². The highest BCUT2D eigenvalue weighted by Crippen LogP contribution is 2.70. The average Bonchev–Trinajstić information content (AvgIpc) is 1.56. The number of hydrogen-bond acceptors (Lipinski definition) is 8. The summed E-state index contributed by atoms with van der Waals surface area (Å²) in [6.45, 7) is 34.7. The number of rotatable bonds is 20. The van der Waals surface area contributed by atoms with Crippen LogP contribution < -0.4 is 8.99 Å². The number of sulfonamides is 2. The highest BCUT2D eigenvalue weighted by molar-refractivity contribution is 7.96. The maximum Gasteiger partial charge on any atom is 0.511 e. The van der Waals surface area contributed by atoms with Crippen molar-refractivity contribution in [1.29, 1.82) is 0 Å². The van der Waals surface area contributed by atoms with Crippen molar-refractivity contribution >= 4 is 137 Å². The Kier molecular flexibility index (Phi) is 31.6. The summed E-state index contributed by atoms with van der Waals surface area (Å²) >= 11 is 0. The van der Waals surface area contributed by atoms with E-state index in [1.165, 1.54) is 29.5 Å². The lowest BCUT2D eigenvalue weighted by Gasteiger charge is -2.45. The van der Waals surface area contributed by atoms with Crippen LogP contribution >= 0.6 is 30.5 Å². The van der Waals surface area contributed by atoms with Gasteiger partial charge in [-0.1, -0.05) is 399 Å². The van der Waals surface area contributed by atoms with E-state index in [9.17, 15) is 66.7 Å². The van der Waals surface area contributed by atoms with Crippen LogP contribution in [0.2, 0.25) is 0 Å². The highest BCUT2D eigenvalue weighted by atomic mass is 32.2. The summed E-state index contributed by atoms with van der Waals surface area (Å²) in [7, 11) is -28.6. The van der Waals surface area contributed by atoms with Crippen LogP contribution in [0.5, 0.6) is 0 Å². The molecule has 0 amide bonds. The third-order valence-electron chi connectivity index (χ3n) is 29.8. The summed E-state index contributed by atoms with van der Waals surface area (Å²) in [4.78, 5) is 23.3. The van der Waals surface area contributed by atoms with Gasteiger partial charge in [0.05, 0.1) is 0 Å². The van der Waals surface area contributed by atoms with Gasteiger partial charge in [-0.05, 0) is 204 Å². The normalized spacial score (nSPS) is 18.8. The van der Waals surface area contributed by atoms with Gasteiger partial charge in [0.25, 0.3) is 15.2 Å². The standard InChI is InChI=1S/C33H39F3N3O3PS.C32H39N2O2P.C27H27F3N3O3PS.C26H27N2O2P/c1-31(2,3)29(27-19-11-15-23-13-7-9-17-25(23)27)38-21-22-39(43(38,40)37-44(41,42)33(34,35)36)30(32(4,5)6)28-20-12-16-24-14-8-10-18-26(24)28;1-31(2,3)29(27-19-11-15-23-13-7-9-17-25(23)27)33-21-22-34(37(33,35)36)30(32(4,5)6)28-20-12-16-24-14-8-10-18-26(24)28;1-19(23-13-11-21-7-3-5-9-25(21)17-23)32-15-16-33(37(32,34)31-38(35,36)27(28,29)30)20(2)24-14-12-22-8-4-6-10-26(22)18-24;1-19(23-13-11-21-7-3-5-9-25(21)17-23)27-15-16-28(31(27,29)30)20(2)24-14-12-22-8-4-6-10-26(22)18-24/h7-20,29-30H,21-22H2,1-6H3,(H,37,40);7-20,29-30H,21-22H2,1-6H3,(H,35,36);3-14,17-20H,15-16H2,1-2H3,(H,31,34);3-14,17-20H,15-16H2,1-2H3,(H,29,30)/t2*29-,30-;2*19-,20-/m1100/s1. The van der Waals surface area contributed by atoms with Crippen molar-refractivity contribution in [2.24, 2.45) is 21.7 Å². The fourth-order valence-electron chi connectivity index (χ4n) is 22.7. The van der Waals surface area contributed by atoms with Crippen LogP contribution in [-0.2, 0) is 38.3 Å². The van der Waals surface area contributed by atoms with Crippen LogP contribution in [-0.4, -0.2) is 127 Å². The number of nitrogens with zero attached hydrogens (tertiary/aromatic N) is 8. The number of fused-ring (bicyclic) bond motifs is 8. The third kappa shape index (κ3) is 22.2. The molecule has 0 bridgehead atoms. The van der Waals surface area contributed by atoms with Crippen LogP contribution in [0.25, 0.3) is 86.2 Å². The fourth-order valence-corrected chi connectivity index (χ4v) is 37.3. The molecular formula is C118H132F6N10O10P4S2. The topological polar surface area (TPSA) is 227 Å². The van der Waals surface area contributed by atoms with Crippen molar-refractivity contribution in [2.45, 2.75) is 170 Å². The zero-order valence-electron chi connectivity index (χ0n) is 87.2. The van der Waals surface area contributed by atoms with E-state index >= 15 is 4.57 Å². The minimum Gasteiger partial charge on any atom is -0.322 e. The lowest BCUT2D eigenvalue weighted by Crippen LogP contribution is -2.45. The third-order valence-corrected chi connectivity index (χ3v) is 44.2. The van der Waals surface area contributed by atoms with Gasteiger partial charge in [-0.15, -0.1) is 8.99 Å². The van der Waals surface area contributed by atoms with Crippen molar-refractivity contribution in [3.8, 4) is 0 Å². The van der Waals surface area contributed by atoms with Crippen LogP contribution in [0.1, 0.15) is 204 Å². The molecule has 0 unspecified atom stereocenters. The van der Waals surface area contributed by atoms with E-state index in [2.05, 4.69) is 175 Å². The van der Waals surface area contributed by atoms with E-state index in [0.29, 0.717) is 26.2 Å². The van der Waals surface area contributed by atoms with Gasteiger partial charge in [0, 0.05) is 101 Å². The SMILES string of the molecule is CC(C)(C)[C@@H](c1cccc2ccccc12)N1CCN([C@H](c2cccc3ccccc23)C(C)(C)C)P1(=O)NS(=O)(=O)C(F)(F)F.CC(C)(C)[C@@H](c1cccc2ccccc12)N1CCN([C@H](c2cccc3ccccc23)C(C)(C)C)P1(=O)O.C[C@@H](c1ccc2ccccc2c1)N1CCN([C@@H](C)c2ccc3ccccc3c2)P1(=O)NS(=O)(=O)C(F)(F)F.C[C@@H](c1ccc2ccccc2c1)N1CCN([C@@H](C)c2ccc3ccccc3c2)P1(=O)O. The molecule has 4 saturated heterocycles. The van der Waals surface area contributed by atoms with Gasteiger partial charge in [0.15, 0.2) is 0 Å². The van der Waals surface area contributed by atoms with Gasteiger partial charge in [-0.3, -0.25) is 18.3 Å². The maximum absolute atomic E-state index is 15.6. The second kappa shape index (κ2) is 42.8. The first kappa shape index (κ1) is 111. The summed E-state index contributed by atoms with van der Waals surface area (Å²) in [5.41, 5.74) is -5.77. The summed E-state index contributed by atoms with van der Waals surface area (Å²) in [5.74, 6) is 0. The summed E-state index contributed by atoms with van der Waals surface area (Å²) in [6.07, 6.45) is 0. The molecule has 4 aliphatic heterocycles. The Morgan fingerprint density at radius 3 is 0.660 bits per heavy atom. The van der Waals surface area contributed by atoms with E-state index in [1.54, 1.807) is 32.2 Å². The molecule has 0 spiro atoms. The zero-order valence-corrected chi connectivity index (χ0v) is 92.4. The Morgan fingerprint density at radius 1 is 0.240 bits per heavy atom. The quantitative estimate of drug-likeness (QED) is 0.0411. The first-order valence-electron chi connectivity index (χ1n) is 50.7. The minimum absolute atomic E-state index is 0.0835. The van der Waals surface area contributed by atoms with E-state index in [4.69, 9.17) is 0 Å². The molecule has 150 heavy (non-hydrogen) atoms. The molecule has 4 N–H and O–H groups in total. The van der Waals surface area contributed by atoms with Gasteiger partial charge < -0.3 is 9.79 Å². The van der Waals surface area contributed by atoms with Crippen molar-refractivity contribution in [1.82, 2.24) is 46.3 Å². The fraction of sp³-hybridized carbons (Fsp3) is 0.322. The molecule has 16 aromatic carbocycles. The lowest BCUT2D eigenvalue weighted by molar-refractivity contribution is -0.0448. The Balaban J connectivity index is 0.000000137. The Morgan fingerprint density at radius 2 is 0.420 bits per heavy atom. The summed E-state index contributed by atoms with van der Waals surface area (Å²) in [5, 5.41) is 16.6. The molecule has 0 aromatic heterocycles. The minimum atomic E-state index is -6.01. The molecule has 0 aliphatic carbocycles. The molecule has 0 radical (unpaired) electrons. The first-order chi connectivity index (χ1) is 70.6. The number of benzene rings is 16. The van der Waals surface area contributed by atoms with Crippen LogP contribution in [0, 0.1) is 21.7 Å². The maximum atomic E-state index is 15.6. The molecule has 8 atom stereocenters. The molecule has 0 saturated carbocycles. The van der Waals surface area contributed by atoms with E-state index in [0.717, 1.165) is 120 Å². The second-order valence-electron chi connectivity index (χ2n) is 44.0. The molecule has 32 heteroatoms. The highest BCUT2D eigenvalue weighted by Gasteiger charge is 2.62. The molecule has 20 rings (SSSR count). The van der Waals surface area contributed by atoms with E-state index < -0.39 is 96.6 Å². The van der Waals surface area contributed by atoms with Gasteiger partial charge >= 0.3 is 46.4 Å². The molecular weight excluding hydrogens is 2020 g/mol. The Hall–Kier alpha value is -10.5. The van der Waals surface area contributed by atoms with Crippen LogP contribution in [0.4, 0.5) is 26.3 Å². The molecule has 16 aromatic rings. The number of halogens is 6. The monoisotopic (exact) mass is 2150 g/mol. The molecule has 4 fully saturated rings. The van der Waals surface area contributed by atoms with Gasteiger partial charge in [-0.2, -0.15) is 26.3 Å². The zero-order chi connectivity index (χ0) is 108. The predicted octanol–water partition coefficient (Wildman–Crippen LogP) is 31.1. The lowest BCUT2D eigenvalue weighted by atomic mass is 9.80. The largest absolute Gasteiger partial charge is 0.511 e. The van der Waals surface area contributed by atoms with Crippen molar-refractivity contribution < 1.29 is 71.2 Å². The first-order valence-corrected chi connectivity index (χ1v) is 60.0. The van der Waals surface area contributed by atoms with E-state index in [1.807, 2.05) is 271 Å². The molecule has 4 aliphatic rings. The summed E-state index contributed by atoms with van der Waals surface area (Å²) < 4.78 is 208. The predicted molar refractivity (Wildman–Crippen MR) is 599 cm³/mol. The molecule has 4 heterocycles. The van der Waals surface area contributed by atoms with Crippen molar-refractivity contribution in [2.75, 3.05) is 52.4 Å². The Bertz CT molecular complexity index is 7760. The van der Waals surface area contributed by atoms with Crippen LogP contribution in [0.15, 0.2) is 340 Å². The molecule has 788 valence electrons. The second-order valence-corrected chi connectivity index (χ2v) is 56.7. The number of nitrogens with one attached hydrogen (secondary N) is 2. The smallest absolute Gasteiger partial charge is 0.322 e. The number of alkyl halides is 6. The average molecular weight is 2150 g/mol.